The van der Waals surface area contributed by atoms with Gasteiger partial charge in [-0.1, -0.05) is 19.1 Å². The topological polar surface area (TPSA) is 43.1 Å². The number of ketones is 1. The van der Waals surface area contributed by atoms with Gasteiger partial charge in [-0.3, -0.25) is 4.79 Å². The molecule has 0 unspecified atom stereocenters. The molecule has 0 fully saturated rings. The summed E-state index contributed by atoms with van der Waals surface area (Å²) in [4.78, 5) is 11.0. The molecule has 0 aliphatic rings. The van der Waals surface area contributed by atoms with E-state index >= 15 is 0 Å². The predicted molar refractivity (Wildman–Crippen MR) is 54.5 cm³/mol. The number of rotatable bonds is 4. The van der Waals surface area contributed by atoms with E-state index in [9.17, 15) is 4.79 Å². The third-order valence-electron chi connectivity index (χ3n) is 2.04. The molecule has 1 aromatic rings. The van der Waals surface area contributed by atoms with Gasteiger partial charge in [0.2, 0.25) is 0 Å². The Bertz CT molecular complexity index is 294. The van der Waals surface area contributed by atoms with Crippen molar-refractivity contribution >= 4 is 11.5 Å². The molecule has 0 aliphatic heterocycles. The van der Waals surface area contributed by atoms with Crippen molar-refractivity contribution in [2.75, 3.05) is 5.73 Å². The molecule has 0 heterocycles. The lowest BCUT2D eigenvalue weighted by atomic mass is 10.1. The van der Waals surface area contributed by atoms with E-state index in [4.69, 9.17) is 5.73 Å². The van der Waals surface area contributed by atoms with Crippen molar-refractivity contribution in [3.63, 3.8) is 0 Å². The zero-order valence-electron chi connectivity index (χ0n) is 7.92. The molecule has 2 heteroatoms. The largest absolute Gasteiger partial charge is 0.399 e. The Morgan fingerprint density at radius 2 is 2.23 bits per heavy atom. The molecular formula is C11H15NO. The standard InChI is InChI=1S/C11H15NO/c1-2-11(13)7-6-9-4-3-5-10(12)8-9/h3-5,8H,2,6-7,12H2,1H3. The first-order valence-electron chi connectivity index (χ1n) is 4.58. The number of hydrogen-bond donors (Lipinski definition) is 1. The quantitative estimate of drug-likeness (QED) is 0.716. The van der Waals surface area contributed by atoms with Crippen molar-refractivity contribution in [2.45, 2.75) is 26.2 Å². The molecule has 0 saturated carbocycles. The highest BCUT2D eigenvalue weighted by Crippen LogP contribution is 2.09. The van der Waals surface area contributed by atoms with Gasteiger partial charge in [0.05, 0.1) is 0 Å². The Morgan fingerprint density at radius 1 is 1.46 bits per heavy atom. The van der Waals surface area contributed by atoms with Crippen LogP contribution >= 0.6 is 0 Å². The minimum absolute atomic E-state index is 0.308. The minimum Gasteiger partial charge on any atom is -0.399 e. The fourth-order valence-electron chi connectivity index (χ4n) is 1.21. The first-order valence-corrected chi connectivity index (χ1v) is 4.58. The molecule has 0 radical (unpaired) electrons. The van der Waals surface area contributed by atoms with E-state index in [1.165, 1.54) is 0 Å². The van der Waals surface area contributed by atoms with Gasteiger partial charge in [-0.25, -0.2) is 0 Å². The van der Waals surface area contributed by atoms with Crippen LogP contribution in [0.3, 0.4) is 0 Å². The van der Waals surface area contributed by atoms with Crippen LogP contribution in [0.4, 0.5) is 5.69 Å². The van der Waals surface area contributed by atoms with Gasteiger partial charge in [-0.15, -0.1) is 0 Å². The van der Waals surface area contributed by atoms with Gasteiger partial charge in [0.15, 0.2) is 0 Å². The summed E-state index contributed by atoms with van der Waals surface area (Å²) in [6.45, 7) is 1.89. The number of hydrogen-bond acceptors (Lipinski definition) is 2. The fourth-order valence-corrected chi connectivity index (χ4v) is 1.21. The molecule has 1 rings (SSSR count). The smallest absolute Gasteiger partial charge is 0.132 e. The number of Topliss-reactive ketones (excluding diaryl/α,β-unsaturated/α-hetero) is 1. The Morgan fingerprint density at radius 3 is 2.85 bits per heavy atom. The highest BCUT2D eigenvalue weighted by molar-refractivity contribution is 5.78. The van der Waals surface area contributed by atoms with E-state index in [1.807, 2.05) is 31.2 Å². The second-order valence-corrected chi connectivity index (χ2v) is 3.14. The van der Waals surface area contributed by atoms with Crippen molar-refractivity contribution in [3.8, 4) is 0 Å². The lowest BCUT2D eigenvalue weighted by molar-refractivity contribution is -0.118. The van der Waals surface area contributed by atoms with Crippen molar-refractivity contribution < 1.29 is 4.79 Å². The second-order valence-electron chi connectivity index (χ2n) is 3.14. The summed E-state index contributed by atoms with van der Waals surface area (Å²) in [6, 6.07) is 7.69. The highest BCUT2D eigenvalue weighted by Gasteiger charge is 1.99. The molecule has 2 nitrogen and oxygen atoms in total. The predicted octanol–water partition coefficient (Wildman–Crippen LogP) is 2.18. The van der Waals surface area contributed by atoms with Crippen LogP contribution < -0.4 is 5.73 Å². The Balaban J connectivity index is 2.50. The maximum absolute atomic E-state index is 11.0. The maximum atomic E-state index is 11.0. The van der Waals surface area contributed by atoms with E-state index in [1.54, 1.807) is 0 Å². The molecule has 70 valence electrons. The number of nitrogens with two attached hydrogens (primary N) is 1. The second kappa shape index (κ2) is 4.65. The minimum atomic E-state index is 0.308. The van der Waals surface area contributed by atoms with Crippen LogP contribution in [0, 0.1) is 0 Å². The van der Waals surface area contributed by atoms with Crippen molar-refractivity contribution in [1.29, 1.82) is 0 Å². The lowest BCUT2D eigenvalue weighted by Crippen LogP contribution is -1.98. The van der Waals surface area contributed by atoms with Crippen LogP contribution in [0.15, 0.2) is 24.3 Å². The molecule has 0 bridgehead atoms. The number of benzene rings is 1. The first kappa shape index (κ1) is 9.78. The summed E-state index contributed by atoms with van der Waals surface area (Å²) >= 11 is 0. The summed E-state index contributed by atoms with van der Waals surface area (Å²) in [5.41, 5.74) is 7.52. The monoisotopic (exact) mass is 177 g/mol. The average Bonchev–Trinajstić information content (AvgIpc) is 2.14. The van der Waals surface area contributed by atoms with Gasteiger partial charge >= 0.3 is 0 Å². The van der Waals surface area contributed by atoms with Gasteiger partial charge in [-0.05, 0) is 24.1 Å². The zero-order chi connectivity index (χ0) is 9.68. The van der Waals surface area contributed by atoms with E-state index < -0.39 is 0 Å². The van der Waals surface area contributed by atoms with E-state index in [2.05, 4.69) is 0 Å². The van der Waals surface area contributed by atoms with Gasteiger partial charge in [0.25, 0.3) is 0 Å². The van der Waals surface area contributed by atoms with Crippen LogP contribution in [0.5, 0.6) is 0 Å². The zero-order valence-corrected chi connectivity index (χ0v) is 7.92. The normalized spacial score (nSPS) is 9.92. The van der Waals surface area contributed by atoms with Crippen LogP contribution in [-0.4, -0.2) is 5.78 Å². The summed E-state index contributed by atoms with van der Waals surface area (Å²) in [5.74, 6) is 0.308. The molecule has 0 spiro atoms. The molecule has 0 aromatic heterocycles. The number of aryl methyl sites for hydroxylation is 1. The number of nitrogen functional groups attached to an aromatic ring is 1. The van der Waals surface area contributed by atoms with Crippen molar-refractivity contribution in [2.24, 2.45) is 0 Å². The molecule has 0 atom stereocenters. The summed E-state index contributed by atoms with van der Waals surface area (Å²) in [7, 11) is 0. The lowest BCUT2D eigenvalue weighted by Gasteiger charge is -2.00. The van der Waals surface area contributed by atoms with Crippen LogP contribution in [0.1, 0.15) is 25.3 Å². The molecule has 13 heavy (non-hydrogen) atoms. The van der Waals surface area contributed by atoms with Gasteiger partial charge in [0.1, 0.15) is 5.78 Å². The summed E-state index contributed by atoms with van der Waals surface area (Å²) in [5, 5.41) is 0. The van der Waals surface area contributed by atoms with E-state index in [-0.39, 0.29) is 0 Å². The van der Waals surface area contributed by atoms with Gasteiger partial charge in [-0.2, -0.15) is 0 Å². The Hall–Kier alpha value is -1.31. The molecule has 0 amide bonds. The van der Waals surface area contributed by atoms with Crippen LogP contribution in [0.2, 0.25) is 0 Å². The average molecular weight is 177 g/mol. The fraction of sp³-hybridized carbons (Fsp3) is 0.364. The van der Waals surface area contributed by atoms with Gasteiger partial charge < -0.3 is 5.73 Å². The van der Waals surface area contributed by atoms with Crippen LogP contribution in [0.25, 0.3) is 0 Å². The van der Waals surface area contributed by atoms with Crippen molar-refractivity contribution in [3.05, 3.63) is 29.8 Å². The summed E-state index contributed by atoms with van der Waals surface area (Å²) in [6.07, 6.45) is 2.06. The molecule has 2 N–H and O–H groups in total. The molecule has 0 aliphatic carbocycles. The highest BCUT2D eigenvalue weighted by atomic mass is 16.1. The molecule has 0 saturated heterocycles. The molecular weight excluding hydrogens is 162 g/mol. The number of carbonyl (C=O) groups is 1. The summed E-state index contributed by atoms with van der Waals surface area (Å²) < 4.78 is 0. The molecule has 1 aromatic carbocycles. The number of carbonyl (C=O) groups excluding carboxylic acids is 1. The van der Waals surface area contributed by atoms with Crippen LogP contribution in [-0.2, 0) is 11.2 Å². The Kier molecular flexibility index (Phi) is 3.50. The third kappa shape index (κ3) is 3.28. The maximum Gasteiger partial charge on any atom is 0.132 e. The Labute approximate surface area is 78.8 Å². The van der Waals surface area contributed by atoms with E-state index in [0.29, 0.717) is 18.6 Å². The van der Waals surface area contributed by atoms with Gasteiger partial charge in [0, 0.05) is 18.5 Å². The van der Waals surface area contributed by atoms with E-state index in [0.717, 1.165) is 17.7 Å². The third-order valence-corrected chi connectivity index (χ3v) is 2.04. The first-order chi connectivity index (χ1) is 6.22. The van der Waals surface area contributed by atoms with Crippen molar-refractivity contribution in [1.82, 2.24) is 0 Å². The number of anilines is 1. The SMILES string of the molecule is CCC(=O)CCc1cccc(N)c1.